The van der Waals surface area contributed by atoms with Crippen LogP contribution in [0.4, 0.5) is 5.82 Å². The summed E-state index contributed by atoms with van der Waals surface area (Å²) >= 11 is 15.1. The van der Waals surface area contributed by atoms with Gasteiger partial charge in [0.25, 0.3) is 5.91 Å². The topological polar surface area (TPSA) is 51.2 Å². The van der Waals surface area contributed by atoms with Crippen molar-refractivity contribution in [1.82, 2.24) is 4.98 Å². The van der Waals surface area contributed by atoms with E-state index in [-0.39, 0.29) is 5.91 Å². The van der Waals surface area contributed by atoms with Crippen molar-refractivity contribution in [2.24, 2.45) is 0 Å². The molecule has 1 heterocycles. The fraction of sp³-hybridized carbons (Fsp3) is 0.143. The number of anilines is 1. The van der Waals surface area contributed by atoms with Crippen LogP contribution in [0.1, 0.15) is 6.92 Å². The fourth-order valence-corrected chi connectivity index (χ4v) is 2.18. The lowest BCUT2D eigenvalue weighted by atomic mass is 10.3. The standard InChI is InChI=1S/C14H11BrCl2N2O2/c1-8(21-12-4-3-10(16)6-11(12)17)14(20)19-13-5-2-9(15)7-18-13/h2-8H,1H3,(H,18,19,20)/t8-/m1/s1. The van der Waals surface area contributed by atoms with E-state index in [4.69, 9.17) is 27.9 Å². The van der Waals surface area contributed by atoms with Gasteiger partial charge in [-0.1, -0.05) is 23.2 Å². The number of hydrogen-bond acceptors (Lipinski definition) is 3. The van der Waals surface area contributed by atoms with E-state index >= 15 is 0 Å². The van der Waals surface area contributed by atoms with E-state index in [2.05, 4.69) is 26.2 Å². The Bertz CT molecular complexity index is 650. The highest BCUT2D eigenvalue weighted by atomic mass is 79.9. The summed E-state index contributed by atoms with van der Waals surface area (Å²) in [5.74, 6) is 0.518. The molecule has 0 aliphatic heterocycles. The number of amides is 1. The van der Waals surface area contributed by atoms with Gasteiger partial charge in [-0.2, -0.15) is 0 Å². The molecule has 0 aliphatic rings. The molecule has 0 saturated heterocycles. The van der Waals surface area contributed by atoms with E-state index in [1.807, 2.05) is 0 Å². The summed E-state index contributed by atoms with van der Waals surface area (Å²) < 4.78 is 6.35. The predicted octanol–water partition coefficient (Wildman–Crippen LogP) is 4.56. The summed E-state index contributed by atoms with van der Waals surface area (Å²) in [7, 11) is 0. The fourth-order valence-electron chi connectivity index (χ4n) is 1.49. The van der Waals surface area contributed by atoms with Gasteiger partial charge in [-0.25, -0.2) is 4.98 Å². The molecule has 1 atom stereocenters. The summed E-state index contributed by atoms with van der Waals surface area (Å²) in [5, 5.41) is 3.51. The molecule has 21 heavy (non-hydrogen) atoms. The second-order valence-corrected chi connectivity index (χ2v) is 5.95. The number of rotatable bonds is 4. The monoisotopic (exact) mass is 388 g/mol. The molecule has 1 amide bonds. The maximum Gasteiger partial charge on any atom is 0.266 e. The van der Waals surface area contributed by atoms with Crippen LogP contribution in [0.2, 0.25) is 10.0 Å². The first-order valence-electron chi connectivity index (χ1n) is 6.00. The van der Waals surface area contributed by atoms with Crippen molar-refractivity contribution in [3.63, 3.8) is 0 Å². The van der Waals surface area contributed by atoms with Gasteiger partial charge in [-0.15, -0.1) is 0 Å². The Morgan fingerprint density at radius 1 is 1.33 bits per heavy atom. The minimum absolute atomic E-state index is 0.323. The summed E-state index contributed by atoms with van der Waals surface area (Å²) in [4.78, 5) is 16.1. The van der Waals surface area contributed by atoms with Gasteiger partial charge in [0.05, 0.1) is 5.02 Å². The molecule has 0 unspecified atom stereocenters. The highest BCUT2D eigenvalue weighted by Gasteiger charge is 2.16. The summed E-state index contributed by atoms with van der Waals surface area (Å²) in [6.45, 7) is 1.62. The van der Waals surface area contributed by atoms with Crippen molar-refractivity contribution < 1.29 is 9.53 Å². The van der Waals surface area contributed by atoms with E-state index in [0.717, 1.165) is 4.47 Å². The van der Waals surface area contributed by atoms with Crippen LogP contribution in [0.5, 0.6) is 5.75 Å². The van der Waals surface area contributed by atoms with Gasteiger partial charge in [0, 0.05) is 15.7 Å². The average Bonchev–Trinajstić information content (AvgIpc) is 2.44. The Kier molecular flexibility index (Phi) is 5.45. The molecule has 0 fully saturated rings. The first-order chi connectivity index (χ1) is 9.95. The first kappa shape index (κ1) is 16.1. The van der Waals surface area contributed by atoms with Crippen molar-refractivity contribution >= 4 is 50.9 Å². The zero-order valence-electron chi connectivity index (χ0n) is 10.9. The SMILES string of the molecule is C[C@@H](Oc1ccc(Cl)cc1Cl)C(=O)Nc1ccc(Br)cn1. The van der Waals surface area contributed by atoms with Crippen LogP contribution in [0, 0.1) is 0 Å². The molecule has 4 nitrogen and oxygen atoms in total. The summed E-state index contributed by atoms with van der Waals surface area (Å²) in [6, 6.07) is 8.28. The van der Waals surface area contributed by atoms with E-state index in [9.17, 15) is 4.79 Å². The van der Waals surface area contributed by atoms with Crippen LogP contribution < -0.4 is 10.1 Å². The molecular weight excluding hydrogens is 379 g/mol. The molecule has 1 N–H and O–H groups in total. The van der Waals surface area contributed by atoms with Gasteiger partial charge in [0.15, 0.2) is 6.10 Å². The number of nitrogens with zero attached hydrogens (tertiary/aromatic N) is 1. The Morgan fingerprint density at radius 2 is 2.10 bits per heavy atom. The molecule has 0 aliphatic carbocycles. The minimum Gasteiger partial charge on any atom is -0.479 e. The zero-order valence-corrected chi connectivity index (χ0v) is 14.0. The number of halogens is 3. The van der Waals surface area contributed by atoms with Gasteiger partial charge in [-0.3, -0.25) is 4.79 Å². The molecule has 0 spiro atoms. The van der Waals surface area contributed by atoms with Crippen LogP contribution in [-0.2, 0) is 4.79 Å². The molecule has 2 rings (SSSR count). The Morgan fingerprint density at radius 3 is 2.71 bits per heavy atom. The van der Waals surface area contributed by atoms with Gasteiger partial charge < -0.3 is 10.1 Å². The molecule has 7 heteroatoms. The van der Waals surface area contributed by atoms with Crippen molar-refractivity contribution in [1.29, 1.82) is 0 Å². The Balaban J connectivity index is 2.00. The molecule has 1 aromatic heterocycles. The number of nitrogens with one attached hydrogen (secondary N) is 1. The Labute approximate surface area is 140 Å². The molecule has 110 valence electrons. The van der Waals surface area contributed by atoms with Crippen molar-refractivity contribution in [3.8, 4) is 5.75 Å². The molecule has 0 saturated carbocycles. The largest absolute Gasteiger partial charge is 0.479 e. The van der Waals surface area contributed by atoms with Crippen LogP contribution in [0.25, 0.3) is 0 Å². The maximum atomic E-state index is 12.0. The zero-order chi connectivity index (χ0) is 15.4. The Hall–Kier alpha value is -1.30. The number of hydrogen-bond donors (Lipinski definition) is 1. The van der Waals surface area contributed by atoms with Crippen molar-refractivity contribution in [2.75, 3.05) is 5.32 Å². The molecule has 0 radical (unpaired) electrons. The number of benzene rings is 1. The molecule has 2 aromatic rings. The molecule has 0 bridgehead atoms. The van der Waals surface area contributed by atoms with Crippen LogP contribution in [-0.4, -0.2) is 17.0 Å². The van der Waals surface area contributed by atoms with E-state index < -0.39 is 6.10 Å². The lowest BCUT2D eigenvalue weighted by molar-refractivity contribution is -0.122. The van der Waals surface area contributed by atoms with Gasteiger partial charge >= 0.3 is 0 Å². The van der Waals surface area contributed by atoms with Crippen LogP contribution in [0.15, 0.2) is 41.0 Å². The van der Waals surface area contributed by atoms with Crippen molar-refractivity contribution in [3.05, 3.63) is 51.0 Å². The van der Waals surface area contributed by atoms with Gasteiger partial charge in [0.2, 0.25) is 0 Å². The normalized spacial score (nSPS) is 11.8. The van der Waals surface area contributed by atoms with Gasteiger partial charge in [-0.05, 0) is 53.2 Å². The third kappa shape index (κ3) is 4.59. The number of carbonyl (C=O) groups excluding carboxylic acids is 1. The van der Waals surface area contributed by atoms with Gasteiger partial charge in [0.1, 0.15) is 11.6 Å². The van der Waals surface area contributed by atoms with Crippen molar-refractivity contribution in [2.45, 2.75) is 13.0 Å². The maximum absolute atomic E-state index is 12.0. The van der Waals surface area contributed by atoms with Crippen LogP contribution in [0.3, 0.4) is 0 Å². The lowest BCUT2D eigenvalue weighted by Crippen LogP contribution is -2.30. The number of pyridine rings is 1. The van der Waals surface area contributed by atoms with Crippen LogP contribution >= 0.6 is 39.1 Å². The summed E-state index contributed by atoms with van der Waals surface area (Å²) in [6.07, 6.45) is 0.867. The predicted molar refractivity (Wildman–Crippen MR) is 87.1 cm³/mol. The van der Waals surface area contributed by atoms with E-state index in [0.29, 0.717) is 21.6 Å². The number of ether oxygens (including phenoxy) is 1. The first-order valence-corrected chi connectivity index (χ1v) is 7.55. The highest BCUT2D eigenvalue weighted by Crippen LogP contribution is 2.28. The number of aromatic nitrogens is 1. The second-order valence-electron chi connectivity index (χ2n) is 4.19. The third-order valence-electron chi connectivity index (χ3n) is 2.55. The third-order valence-corrected chi connectivity index (χ3v) is 3.55. The second kappa shape index (κ2) is 7.11. The quantitative estimate of drug-likeness (QED) is 0.833. The van der Waals surface area contributed by atoms with E-state index in [1.165, 1.54) is 0 Å². The minimum atomic E-state index is -0.728. The highest BCUT2D eigenvalue weighted by molar-refractivity contribution is 9.10. The average molecular weight is 390 g/mol. The molecule has 1 aromatic carbocycles. The number of carbonyl (C=O) groups is 1. The smallest absolute Gasteiger partial charge is 0.266 e. The molecular formula is C14H11BrCl2N2O2. The lowest BCUT2D eigenvalue weighted by Gasteiger charge is -2.15. The van der Waals surface area contributed by atoms with E-state index in [1.54, 1.807) is 43.5 Å². The summed E-state index contributed by atoms with van der Waals surface area (Å²) in [5.41, 5.74) is 0.